The van der Waals surface area contributed by atoms with E-state index in [0.29, 0.717) is 23.9 Å². The fraction of sp³-hybridized carbons (Fsp3) is 0.857. The second-order valence-electron chi connectivity index (χ2n) is 5.99. The largest absolute Gasteiger partial charge is 0.374 e. The molecule has 18 heavy (non-hydrogen) atoms. The maximum Gasteiger partial charge on any atom is 0.153 e. The molecule has 1 saturated heterocycles. The van der Waals surface area contributed by atoms with Gasteiger partial charge in [0.15, 0.2) is 5.82 Å². The van der Waals surface area contributed by atoms with Crippen molar-refractivity contribution in [1.82, 2.24) is 15.2 Å². The molecule has 3 rings (SSSR count). The van der Waals surface area contributed by atoms with E-state index in [-0.39, 0.29) is 6.10 Å². The predicted octanol–water partition coefficient (Wildman–Crippen LogP) is 2.99. The van der Waals surface area contributed by atoms with Crippen LogP contribution in [0.5, 0.6) is 0 Å². The average Bonchev–Trinajstić information content (AvgIpc) is 3.01. The summed E-state index contributed by atoms with van der Waals surface area (Å²) in [4.78, 5) is 4.76. The van der Waals surface area contributed by atoms with Crippen LogP contribution < -0.4 is 0 Å². The minimum Gasteiger partial charge on any atom is -0.374 e. The Bertz CT molecular complexity index is 411. The van der Waals surface area contributed by atoms with Crippen LogP contribution in [0.25, 0.3) is 0 Å². The predicted molar refractivity (Wildman–Crippen MR) is 69.5 cm³/mol. The molecule has 0 bridgehead atoms. The maximum absolute atomic E-state index is 5.89. The zero-order valence-electron chi connectivity index (χ0n) is 11.5. The summed E-state index contributed by atoms with van der Waals surface area (Å²) in [6.07, 6.45) is 5.69. The molecule has 4 unspecified atom stereocenters. The van der Waals surface area contributed by atoms with Gasteiger partial charge in [-0.1, -0.05) is 19.8 Å². The molecule has 2 aliphatic rings. The van der Waals surface area contributed by atoms with Crippen LogP contribution in [0.4, 0.5) is 0 Å². The highest BCUT2D eigenvalue weighted by atomic mass is 16.5. The van der Waals surface area contributed by atoms with Crippen molar-refractivity contribution >= 4 is 0 Å². The van der Waals surface area contributed by atoms with Gasteiger partial charge < -0.3 is 4.74 Å². The first-order valence-corrected chi connectivity index (χ1v) is 7.24. The molecule has 1 N–H and O–H groups in total. The Kier molecular flexibility index (Phi) is 3.14. The number of H-pyrrole nitrogens is 1. The number of ether oxygens (including phenoxy) is 1. The molecule has 1 aromatic heterocycles. The summed E-state index contributed by atoms with van der Waals surface area (Å²) in [7, 11) is 0. The van der Waals surface area contributed by atoms with Gasteiger partial charge in [0, 0.05) is 11.8 Å². The first-order chi connectivity index (χ1) is 8.66. The molecule has 1 aromatic rings. The third-order valence-electron chi connectivity index (χ3n) is 4.80. The fourth-order valence-electron chi connectivity index (χ4n) is 3.54. The van der Waals surface area contributed by atoms with Gasteiger partial charge in [0.25, 0.3) is 0 Å². The highest BCUT2D eigenvalue weighted by Gasteiger charge is 2.40. The van der Waals surface area contributed by atoms with Crippen molar-refractivity contribution in [2.24, 2.45) is 5.92 Å². The van der Waals surface area contributed by atoms with E-state index in [2.05, 4.69) is 31.0 Å². The van der Waals surface area contributed by atoms with E-state index in [0.717, 1.165) is 11.6 Å². The van der Waals surface area contributed by atoms with Gasteiger partial charge in [-0.2, -0.15) is 5.10 Å². The van der Waals surface area contributed by atoms with Crippen molar-refractivity contribution in [1.29, 1.82) is 0 Å². The Labute approximate surface area is 109 Å². The van der Waals surface area contributed by atoms with Crippen LogP contribution in [0.3, 0.4) is 0 Å². The van der Waals surface area contributed by atoms with Gasteiger partial charge in [0.05, 0.1) is 12.2 Å². The van der Waals surface area contributed by atoms with E-state index in [4.69, 9.17) is 9.72 Å². The van der Waals surface area contributed by atoms with Crippen molar-refractivity contribution in [3.05, 3.63) is 11.6 Å². The molecule has 1 saturated carbocycles. The van der Waals surface area contributed by atoms with Crippen LogP contribution in [-0.2, 0) is 4.74 Å². The van der Waals surface area contributed by atoms with Crippen molar-refractivity contribution in [2.45, 2.75) is 70.5 Å². The number of nitrogens with one attached hydrogen (secondary N) is 1. The molecule has 0 aromatic carbocycles. The molecule has 0 amide bonds. The zero-order chi connectivity index (χ0) is 12.7. The monoisotopic (exact) mass is 249 g/mol. The lowest BCUT2D eigenvalue weighted by atomic mass is 9.89. The SMILES string of the molecule is CC1OC(C)C(c2nc(C3CCCC3)n[nH]2)C1C. The molecule has 4 nitrogen and oxygen atoms in total. The van der Waals surface area contributed by atoms with Crippen LogP contribution in [0.2, 0.25) is 0 Å². The summed E-state index contributed by atoms with van der Waals surface area (Å²) < 4.78 is 5.89. The van der Waals surface area contributed by atoms with E-state index in [1.807, 2.05) is 0 Å². The van der Waals surface area contributed by atoms with Gasteiger partial charge in [-0.3, -0.25) is 5.10 Å². The van der Waals surface area contributed by atoms with E-state index < -0.39 is 0 Å². The van der Waals surface area contributed by atoms with Crippen LogP contribution in [0.15, 0.2) is 0 Å². The second kappa shape index (κ2) is 4.65. The van der Waals surface area contributed by atoms with Crippen molar-refractivity contribution in [3.8, 4) is 0 Å². The summed E-state index contributed by atoms with van der Waals surface area (Å²) in [5.74, 6) is 3.51. The molecule has 0 spiro atoms. The second-order valence-corrected chi connectivity index (χ2v) is 5.99. The summed E-state index contributed by atoms with van der Waals surface area (Å²) in [6, 6.07) is 0. The Morgan fingerprint density at radius 2 is 1.83 bits per heavy atom. The number of nitrogens with zero attached hydrogens (tertiary/aromatic N) is 2. The average molecular weight is 249 g/mol. The number of aromatic amines is 1. The molecule has 1 aliphatic heterocycles. The molecule has 1 aliphatic carbocycles. The fourth-order valence-corrected chi connectivity index (χ4v) is 3.54. The summed E-state index contributed by atoms with van der Waals surface area (Å²) in [5.41, 5.74) is 0. The molecule has 4 atom stereocenters. The van der Waals surface area contributed by atoms with Crippen molar-refractivity contribution in [2.75, 3.05) is 0 Å². The smallest absolute Gasteiger partial charge is 0.153 e. The van der Waals surface area contributed by atoms with Gasteiger partial charge in [-0.25, -0.2) is 4.98 Å². The first-order valence-electron chi connectivity index (χ1n) is 7.24. The van der Waals surface area contributed by atoms with Crippen LogP contribution >= 0.6 is 0 Å². The minimum atomic E-state index is 0.236. The molecule has 2 fully saturated rings. The van der Waals surface area contributed by atoms with Crippen LogP contribution in [0.1, 0.15) is 69.9 Å². The lowest BCUT2D eigenvalue weighted by molar-refractivity contribution is 0.0553. The Morgan fingerprint density at radius 3 is 2.44 bits per heavy atom. The highest BCUT2D eigenvalue weighted by molar-refractivity contribution is 5.09. The van der Waals surface area contributed by atoms with Crippen molar-refractivity contribution < 1.29 is 4.74 Å². The summed E-state index contributed by atoms with van der Waals surface area (Å²) in [6.45, 7) is 6.54. The van der Waals surface area contributed by atoms with Crippen LogP contribution in [0, 0.1) is 5.92 Å². The number of rotatable bonds is 2. The lowest BCUT2D eigenvalue weighted by Crippen LogP contribution is -2.16. The number of hydrogen-bond donors (Lipinski definition) is 1. The van der Waals surface area contributed by atoms with Crippen LogP contribution in [-0.4, -0.2) is 27.4 Å². The molecular formula is C14H23N3O. The van der Waals surface area contributed by atoms with Gasteiger partial charge in [0.2, 0.25) is 0 Å². The summed E-state index contributed by atoms with van der Waals surface area (Å²) >= 11 is 0. The minimum absolute atomic E-state index is 0.236. The van der Waals surface area contributed by atoms with Gasteiger partial charge in [-0.05, 0) is 32.6 Å². The van der Waals surface area contributed by atoms with Gasteiger partial charge in [-0.15, -0.1) is 0 Å². The molecule has 0 radical (unpaired) electrons. The van der Waals surface area contributed by atoms with E-state index in [9.17, 15) is 0 Å². The molecule has 2 heterocycles. The number of aromatic nitrogens is 3. The van der Waals surface area contributed by atoms with Gasteiger partial charge in [0.1, 0.15) is 5.82 Å². The van der Waals surface area contributed by atoms with Gasteiger partial charge >= 0.3 is 0 Å². The normalized spacial score (nSPS) is 37.5. The summed E-state index contributed by atoms with van der Waals surface area (Å²) in [5, 5.41) is 7.61. The lowest BCUT2D eigenvalue weighted by Gasteiger charge is -2.14. The topological polar surface area (TPSA) is 50.8 Å². The molecule has 100 valence electrons. The standard InChI is InChI=1S/C14H23N3O/c1-8-9(2)18-10(3)12(8)14-15-13(16-17-14)11-6-4-5-7-11/h8-12H,4-7H2,1-3H3,(H,15,16,17). The molecule has 4 heteroatoms. The zero-order valence-corrected chi connectivity index (χ0v) is 11.5. The number of hydrogen-bond acceptors (Lipinski definition) is 3. The van der Waals surface area contributed by atoms with E-state index in [1.54, 1.807) is 0 Å². The Morgan fingerprint density at radius 1 is 1.11 bits per heavy atom. The highest BCUT2D eigenvalue weighted by Crippen LogP contribution is 2.39. The van der Waals surface area contributed by atoms with Crippen molar-refractivity contribution in [3.63, 3.8) is 0 Å². The molecular weight excluding hydrogens is 226 g/mol. The maximum atomic E-state index is 5.89. The van der Waals surface area contributed by atoms with E-state index >= 15 is 0 Å². The third kappa shape index (κ3) is 1.96. The van der Waals surface area contributed by atoms with E-state index in [1.165, 1.54) is 25.7 Å². The Balaban J connectivity index is 1.80. The first kappa shape index (κ1) is 12.2. The Hall–Kier alpha value is -0.900. The third-order valence-corrected chi connectivity index (χ3v) is 4.80. The quantitative estimate of drug-likeness (QED) is 0.876.